The Bertz CT molecular complexity index is 465. The van der Waals surface area contributed by atoms with Crippen LogP contribution in [0.15, 0.2) is 0 Å². The zero-order valence-electron chi connectivity index (χ0n) is 22.5. The first-order valence-electron chi connectivity index (χ1n) is 13.9. The molecule has 33 heavy (non-hydrogen) atoms. The SMILES string of the molecule is CCC[CH2][Sn]([CH2]CCC)([CH2]CCC)[CH](CCCCOCOC)OC1CCCCC1C(=O)OC. The Labute approximate surface area is 208 Å². The van der Waals surface area contributed by atoms with Crippen LogP contribution >= 0.6 is 0 Å². The van der Waals surface area contributed by atoms with Gasteiger partial charge in [-0.15, -0.1) is 0 Å². The number of carbonyl (C=O) groups is 1. The molecule has 0 amide bonds. The third-order valence-electron chi connectivity index (χ3n) is 7.52. The summed E-state index contributed by atoms with van der Waals surface area (Å²) >= 11 is -2.62. The summed E-state index contributed by atoms with van der Waals surface area (Å²) in [6, 6.07) is 0. The monoisotopic (exact) mass is 578 g/mol. The second kappa shape index (κ2) is 19.4. The van der Waals surface area contributed by atoms with E-state index in [0.717, 1.165) is 51.6 Å². The van der Waals surface area contributed by atoms with Crippen LogP contribution in [0.2, 0.25) is 13.3 Å². The molecule has 0 saturated heterocycles. The van der Waals surface area contributed by atoms with Gasteiger partial charge in [0, 0.05) is 0 Å². The van der Waals surface area contributed by atoms with Gasteiger partial charge < -0.3 is 0 Å². The van der Waals surface area contributed by atoms with Crippen LogP contribution in [0.5, 0.6) is 0 Å². The van der Waals surface area contributed by atoms with E-state index in [9.17, 15) is 4.79 Å². The molecule has 3 atom stereocenters. The standard InChI is InChI=1S/C15H27O5.3C4H9.Sn/c1-17-12-19-10-6-3-7-11-20-14-9-5-4-8-13(14)15(16)18-2;3*1-3-4-2;/h11,13-14H,3-10,12H2,1-2H3;3*1,3-4H2,2H3;. The molecule has 1 saturated carbocycles. The number of rotatable bonds is 20. The summed E-state index contributed by atoms with van der Waals surface area (Å²) in [6.07, 6.45) is 15.4. The number of carbonyl (C=O) groups excluding carboxylic acids is 1. The van der Waals surface area contributed by atoms with Crippen molar-refractivity contribution in [2.45, 2.75) is 128 Å². The van der Waals surface area contributed by atoms with Gasteiger partial charge in [-0.3, -0.25) is 0 Å². The minimum atomic E-state index is -2.62. The van der Waals surface area contributed by atoms with E-state index in [4.69, 9.17) is 18.9 Å². The van der Waals surface area contributed by atoms with Crippen molar-refractivity contribution in [2.24, 2.45) is 5.92 Å². The van der Waals surface area contributed by atoms with Gasteiger partial charge in [-0.25, -0.2) is 0 Å². The van der Waals surface area contributed by atoms with E-state index in [1.54, 1.807) is 7.11 Å². The Balaban J connectivity index is 3.09. The summed E-state index contributed by atoms with van der Waals surface area (Å²) in [5, 5.41) is 0. The summed E-state index contributed by atoms with van der Waals surface area (Å²) in [5.41, 5.74) is 0. The second-order valence-electron chi connectivity index (χ2n) is 10.1. The molecule has 0 aliphatic heterocycles. The number of esters is 1. The summed E-state index contributed by atoms with van der Waals surface area (Å²) in [7, 11) is 3.20. The van der Waals surface area contributed by atoms with Crippen LogP contribution in [0.3, 0.4) is 0 Å². The molecule has 1 aliphatic carbocycles. The van der Waals surface area contributed by atoms with Crippen molar-refractivity contribution >= 4 is 24.3 Å². The van der Waals surface area contributed by atoms with Crippen LogP contribution < -0.4 is 0 Å². The molecule has 0 spiro atoms. The fraction of sp³-hybridized carbons (Fsp3) is 0.963. The molecule has 1 rings (SSSR count). The van der Waals surface area contributed by atoms with Crippen molar-refractivity contribution in [3.8, 4) is 0 Å². The number of ether oxygens (including phenoxy) is 4. The molecule has 0 radical (unpaired) electrons. The maximum absolute atomic E-state index is 12.6. The van der Waals surface area contributed by atoms with Gasteiger partial charge >= 0.3 is 209 Å². The van der Waals surface area contributed by atoms with E-state index >= 15 is 0 Å². The average Bonchev–Trinajstić information content (AvgIpc) is 2.85. The van der Waals surface area contributed by atoms with Gasteiger partial charge in [-0.1, -0.05) is 0 Å². The van der Waals surface area contributed by atoms with Crippen LogP contribution in [-0.4, -0.2) is 62.2 Å². The Hall–Kier alpha value is 0.149. The molecule has 0 aromatic carbocycles. The van der Waals surface area contributed by atoms with Crippen molar-refractivity contribution in [1.29, 1.82) is 0 Å². The topological polar surface area (TPSA) is 54.0 Å². The summed E-state index contributed by atoms with van der Waals surface area (Å²) < 4.78 is 27.6. The Kier molecular flexibility index (Phi) is 18.3. The fourth-order valence-corrected chi connectivity index (χ4v) is 23.1. The molecule has 0 heterocycles. The summed E-state index contributed by atoms with van der Waals surface area (Å²) in [5.74, 6) is -0.147. The molecule has 196 valence electrons. The third kappa shape index (κ3) is 11.6. The quantitative estimate of drug-likeness (QED) is 0.0659. The van der Waals surface area contributed by atoms with Crippen LogP contribution in [0.25, 0.3) is 0 Å². The van der Waals surface area contributed by atoms with Crippen LogP contribution in [0.1, 0.15) is 104 Å². The van der Waals surface area contributed by atoms with Gasteiger partial charge in [-0.2, -0.15) is 0 Å². The van der Waals surface area contributed by atoms with Crippen molar-refractivity contribution in [3.63, 3.8) is 0 Å². The first kappa shape index (κ1) is 31.2. The third-order valence-corrected chi connectivity index (χ3v) is 24.2. The van der Waals surface area contributed by atoms with Gasteiger partial charge in [0.1, 0.15) is 0 Å². The molecule has 5 nitrogen and oxygen atoms in total. The van der Waals surface area contributed by atoms with E-state index in [2.05, 4.69) is 20.8 Å². The van der Waals surface area contributed by atoms with E-state index < -0.39 is 18.4 Å². The molecular weight excluding hydrogens is 523 g/mol. The number of unbranched alkanes of at least 4 members (excludes halogenated alkanes) is 4. The maximum atomic E-state index is 12.6. The zero-order chi connectivity index (χ0) is 24.4. The molecule has 3 unspecified atom stereocenters. The van der Waals surface area contributed by atoms with Gasteiger partial charge in [0.15, 0.2) is 0 Å². The molecule has 0 aromatic rings. The van der Waals surface area contributed by atoms with Crippen molar-refractivity contribution in [1.82, 2.24) is 0 Å². The molecular formula is C27H54O5Sn. The Morgan fingerprint density at radius 3 is 2.03 bits per heavy atom. The normalized spacial score (nSPS) is 20.0. The predicted molar refractivity (Wildman–Crippen MR) is 139 cm³/mol. The molecule has 6 heteroatoms. The number of hydrogen-bond acceptors (Lipinski definition) is 5. The molecule has 0 aromatic heterocycles. The second-order valence-corrected chi connectivity index (χ2v) is 24.0. The molecule has 0 N–H and O–H groups in total. The first-order chi connectivity index (χ1) is 16.1. The molecule has 1 fully saturated rings. The van der Waals surface area contributed by atoms with Crippen molar-refractivity contribution < 1.29 is 23.7 Å². The van der Waals surface area contributed by atoms with Gasteiger partial charge in [0.05, 0.1) is 0 Å². The number of hydrogen-bond donors (Lipinski definition) is 0. The summed E-state index contributed by atoms with van der Waals surface area (Å²) in [6.45, 7) is 8.10. The van der Waals surface area contributed by atoms with E-state index in [1.807, 2.05) is 0 Å². The van der Waals surface area contributed by atoms with Crippen molar-refractivity contribution in [3.05, 3.63) is 0 Å². The average molecular weight is 577 g/mol. The zero-order valence-corrected chi connectivity index (χ0v) is 25.4. The Morgan fingerprint density at radius 1 is 0.879 bits per heavy atom. The number of methoxy groups -OCH3 is 2. The van der Waals surface area contributed by atoms with Gasteiger partial charge in [-0.05, 0) is 0 Å². The Morgan fingerprint density at radius 2 is 1.48 bits per heavy atom. The minimum absolute atomic E-state index is 0.0434. The van der Waals surface area contributed by atoms with Crippen LogP contribution in [0.4, 0.5) is 0 Å². The predicted octanol–water partition coefficient (Wildman–Crippen LogP) is 7.28. The van der Waals surface area contributed by atoms with E-state index in [0.29, 0.717) is 10.9 Å². The molecule has 1 aliphatic rings. The van der Waals surface area contributed by atoms with Crippen molar-refractivity contribution in [2.75, 3.05) is 27.6 Å². The van der Waals surface area contributed by atoms with Crippen LogP contribution in [-0.2, 0) is 23.7 Å². The molecule has 0 bridgehead atoms. The summed E-state index contributed by atoms with van der Waals surface area (Å²) in [4.78, 5) is 12.6. The fourth-order valence-electron chi connectivity index (χ4n) is 5.53. The van der Waals surface area contributed by atoms with Gasteiger partial charge in [0.2, 0.25) is 0 Å². The van der Waals surface area contributed by atoms with E-state index in [-0.39, 0.29) is 18.0 Å². The van der Waals surface area contributed by atoms with E-state index in [1.165, 1.54) is 58.9 Å². The van der Waals surface area contributed by atoms with Crippen LogP contribution in [0, 0.1) is 5.92 Å². The first-order valence-corrected chi connectivity index (χ1v) is 21.6. The van der Waals surface area contributed by atoms with Gasteiger partial charge in [0.25, 0.3) is 0 Å².